The van der Waals surface area contributed by atoms with E-state index in [0.29, 0.717) is 12.8 Å². The van der Waals surface area contributed by atoms with Gasteiger partial charge in [0.15, 0.2) is 0 Å². The van der Waals surface area contributed by atoms with Gasteiger partial charge >= 0.3 is 0 Å². The molecule has 0 aromatic heterocycles. The number of rotatable bonds is 4. The fourth-order valence-corrected chi connectivity index (χ4v) is 3.14. The number of aryl methyl sites for hydroxylation is 1. The second kappa shape index (κ2) is 5.23. The van der Waals surface area contributed by atoms with Gasteiger partial charge in [0.25, 0.3) is 0 Å². The Balaban J connectivity index is 2.06. The molecule has 1 aliphatic rings. The van der Waals surface area contributed by atoms with Gasteiger partial charge in [-0.25, -0.2) is 13.1 Å². The van der Waals surface area contributed by atoms with Gasteiger partial charge < -0.3 is 5.11 Å². The lowest BCUT2D eigenvalue weighted by atomic mass is 9.80. The Hall–Kier alpha value is -0.910. The Kier molecular flexibility index (Phi) is 3.99. The van der Waals surface area contributed by atoms with E-state index in [0.717, 1.165) is 12.0 Å². The van der Waals surface area contributed by atoms with E-state index in [9.17, 15) is 13.5 Å². The first-order valence-corrected chi connectivity index (χ1v) is 8.15. The van der Waals surface area contributed by atoms with Crippen LogP contribution in [0.5, 0.6) is 0 Å². The number of fused-ring (bicyclic) bond motifs is 1. The van der Waals surface area contributed by atoms with Crippen molar-refractivity contribution in [2.45, 2.75) is 44.0 Å². The standard InChI is InChI=1S/C14H21NO3S/c1-11(2)19(17,18)15-10-14(16)8-7-12-5-3-4-6-13(12)9-14/h3-6,11,15-16H,7-10H2,1-2H3. The van der Waals surface area contributed by atoms with E-state index in [-0.39, 0.29) is 6.54 Å². The third-order valence-electron chi connectivity index (χ3n) is 3.72. The van der Waals surface area contributed by atoms with Gasteiger partial charge in [-0.15, -0.1) is 0 Å². The molecule has 0 fully saturated rings. The third kappa shape index (κ3) is 3.35. The Morgan fingerprint density at radius 3 is 2.58 bits per heavy atom. The summed E-state index contributed by atoms with van der Waals surface area (Å²) in [5, 5.41) is 10.1. The molecule has 1 unspecified atom stereocenters. The minimum absolute atomic E-state index is 0.0852. The SMILES string of the molecule is CC(C)S(=O)(=O)NCC1(O)CCc2ccccc2C1. The van der Waals surface area contributed by atoms with Crippen molar-refractivity contribution in [3.63, 3.8) is 0 Å². The average molecular weight is 283 g/mol. The highest BCUT2D eigenvalue weighted by atomic mass is 32.2. The lowest BCUT2D eigenvalue weighted by molar-refractivity contribution is 0.0317. The van der Waals surface area contributed by atoms with Gasteiger partial charge in [-0.2, -0.15) is 0 Å². The molecule has 0 radical (unpaired) electrons. The zero-order valence-electron chi connectivity index (χ0n) is 11.4. The molecule has 0 bridgehead atoms. The second-order valence-corrected chi connectivity index (χ2v) is 7.91. The molecule has 106 valence electrons. The normalized spacial score (nSPS) is 23.4. The van der Waals surface area contributed by atoms with Gasteiger partial charge in [0.1, 0.15) is 0 Å². The van der Waals surface area contributed by atoms with Gasteiger partial charge in [0.2, 0.25) is 10.0 Å². The lowest BCUT2D eigenvalue weighted by Gasteiger charge is -2.33. The minimum Gasteiger partial charge on any atom is -0.388 e. The average Bonchev–Trinajstić information content (AvgIpc) is 2.36. The van der Waals surface area contributed by atoms with Crippen molar-refractivity contribution in [2.75, 3.05) is 6.54 Å². The Labute approximate surface area is 114 Å². The van der Waals surface area contributed by atoms with Crippen LogP contribution >= 0.6 is 0 Å². The van der Waals surface area contributed by atoms with E-state index < -0.39 is 20.9 Å². The van der Waals surface area contributed by atoms with E-state index >= 15 is 0 Å². The van der Waals surface area contributed by atoms with Crippen LogP contribution in [0, 0.1) is 0 Å². The second-order valence-electron chi connectivity index (χ2n) is 5.58. The fraction of sp³-hybridized carbons (Fsp3) is 0.571. The number of benzene rings is 1. The quantitative estimate of drug-likeness (QED) is 0.873. The molecule has 2 N–H and O–H groups in total. The molecule has 0 aliphatic heterocycles. The predicted molar refractivity (Wildman–Crippen MR) is 75.5 cm³/mol. The topological polar surface area (TPSA) is 66.4 Å². The minimum atomic E-state index is -3.32. The summed E-state index contributed by atoms with van der Waals surface area (Å²) in [6.45, 7) is 3.34. The molecular weight excluding hydrogens is 262 g/mol. The van der Waals surface area contributed by atoms with Gasteiger partial charge in [-0.3, -0.25) is 0 Å². The van der Waals surface area contributed by atoms with Crippen molar-refractivity contribution in [3.8, 4) is 0 Å². The fourth-order valence-electron chi connectivity index (χ4n) is 2.34. The lowest BCUT2D eigenvalue weighted by Crippen LogP contribution is -2.48. The zero-order chi connectivity index (χ0) is 14.1. The van der Waals surface area contributed by atoms with Crippen LogP contribution in [0.15, 0.2) is 24.3 Å². The Morgan fingerprint density at radius 1 is 1.32 bits per heavy atom. The van der Waals surface area contributed by atoms with E-state index in [2.05, 4.69) is 10.8 Å². The molecule has 0 saturated heterocycles. The van der Waals surface area contributed by atoms with Crippen LogP contribution in [0.25, 0.3) is 0 Å². The molecule has 0 saturated carbocycles. The van der Waals surface area contributed by atoms with Gasteiger partial charge in [0.05, 0.1) is 10.9 Å². The molecule has 2 rings (SSSR count). The first-order chi connectivity index (χ1) is 8.82. The molecule has 4 nitrogen and oxygen atoms in total. The molecule has 1 aliphatic carbocycles. The van der Waals surface area contributed by atoms with Crippen LogP contribution in [-0.4, -0.2) is 30.9 Å². The van der Waals surface area contributed by atoms with Crippen LogP contribution in [-0.2, 0) is 22.9 Å². The van der Waals surface area contributed by atoms with Crippen LogP contribution in [0.2, 0.25) is 0 Å². The van der Waals surface area contributed by atoms with E-state index in [1.54, 1.807) is 13.8 Å². The van der Waals surface area contributed by atoms with E-state index in [1.165, 1.54) is 5.56 Å². The largest absolute Gasteiger partial charge is 0.388 e. The maximum atomic E-state index is 11.7. The molecule has 1 aromatic rings. The highest BCUT2D eigenvalue weighted by Crippen LogP contribution is 2.28. The van der Waals surface area contributed by atoms with Crippen molar-refractivity contribution < 1.29 is 13.5 Å². The Morgan fingerprint density at radius 2 is 1.95 bits per heavy atom. The van der Waals surface area contributed by atoms with Crippen LogP contribution in [0.1, 0.15) is 31.4 Å². The maximum Gasteiger partial charge on any atom is 0.214 e. The van der Waals surface area contributed by atoms with Gasteiger partial charge in [-0.1, -0.05) is 24.3 Å². The molecule has 0 spiro atoms. The summed E-state index contributed by atoms with van der Waals surface area (Å²) in [5.74, 6) is 0. The first kappa shape index (κ1) is 14.5. The molecule has 0 amide bonds. The highest BCUT2D eigenvalue weighted by Gasteiger charge is 2.33. The summed E-state index contributed by atoms with van der Waals surface area (Å²) in [4.78, 5) is 0. The summed E-state index contributed by atoms with van der Waals surface area (Å²) in [6, 6.07) is 8.00. The summed E-state index contributed by atoms with van der Waals surface area (Å²) in [5.41, 5.74) is 1.38. The van der Waals surface area contributed by atoms with Crippen molar-refractivity contribution in [1.82, 2.24) is 4.72 Å². The molecule has 1 atom stereocenters. The number of aliphatic hydroxyl groups is 1. The zero-order valence-corrected chi connectivity index (χ0v) is 12.2. The predicted octanol–water partition coefficient (Wildman–Crippen LogP) is 1.23. The Bertz CT molecular complexity index is 554. The van der Waals surface area contributed by atoms with Gasteiger partial charge in [0, 0.05) is 13.0 Å². The third-order valence-corrected chi connectivity index (χ3v) is 5.51. The van der Waals surface area contributed by atoms with Crippen molar-refractivity contribution in [1.29, 1.82) is 0 Å². The smallest absolute Gasteiger partial charge is 0.214 e. The summed E-state index contributed by atoms with van der Waals surface area (Å²) in [6.07, 6.45) is 1.88. The monoisotopic (exact) mass is 283 g/mol. The molecule has 5 heteroatoms. The molecule has 19 heavy (non-hydrogen) atoms. The van der Waals surface area contributed by atoms with Crippen LogP contribution in [0.4, 0.5) is 0 Å². The van der Waals surface area contributed by atoms with Crippen LogP contribution in [0.3, 0.4) is 0 Å². The summed E-state index contributed by atoms with van der Waals surface area (Å²) < 4.78 is 26.0. The first-order valence-electron chi connectivity index (χ1n) is 6.60. The van der Waals surface area contributed by atoms with Crippen LogP contribution < -0.4 is 4.72 Å². The molecular formula is C14H21NO3S. The molecule has 0 heterocycles. The van der Waals surface area contributed by atoms with Crippen molar-refractivity contribution in [3.05, 3.63) is 35.4 Å². The van der Waals surface area contributed by atoms with Gasteiger partial charge in [-0.05, 0) is 37.8 Å². The number of sulfonamides is 1. The van der Waals surface area contributed by atoms with Crippen molar-refractivity contribution in [2.24, 2.45) is 0 Å². The van der Waals surface area contributed by atoms with E-state index in [1.807, 2.05) is 18.2 Å². The molecule has 1 aromatic carbocycles. The highest BCUT2D eigenvalue weighted by molar-refractivity contribution is 7.90. The summed E-state index contributed by atoms with van der Waals surface area (Å²) >= 11 is 0. The maximum absolute atomic E-state index is 11.7. The number of hydrogen-bond acceptors (Lipinski definition) is 3. The van der Waals surface area contributed by atoms with E-state index in [4.69, 9.17) is 0 Å². The number of nitrogens with one attached hydrogen (secondary N) is 1. The van der Waals surface area contributed by atoms with Crippen molar-refractivity contribution >= 4 is 10.0 Å². The number of hydrogen-bond donors (Lipinski definition) is 2. The summed E-state index contributed by atoms with van der Waals surface area (Å²) in [7, 11) is -3.32.